The number of nitrogens with zero attached hydrogens (tertiary/aromatic N) is 2. The number of nitrogens with one attached hydrogen (secondary N) is 2. The van der Waals surface area contributed by atoms with Crippen LogP contribution in [0, 0.1) is 0 Å². The summed E-state index contributed by atoms with van der Waals surface area (Å²) >= 11 is 5.72. The van der Waals surface area contributed by atoms with Crippen molar-refractivity contribution < 1.29 is 9.47 Å². The summed E-state index contributed by atoms with van der Waals surface area (Å²) in [5, 5.41) is 4.75. The van der Waals surface area contributed by atoms with Crippen LogP contribution in [0.5, 0.6) is 11.5 Å². The Morgan fingerprint density at radius 3 is 2.61 bits per heavy atom. The summed E-state index contributed by atoms with van der Waals surface area (Å²) in [6.45, 7) is 1.64. The van der Waals surface area contributed by atoms with E-state index >= 15 is 0 Å². The lowest BCUT2D eigenvalue weighted by Gasteiger charge is -2.26. The first-order valence-corrected chi connectivity index (χ1v) is 11.0. The van der Waals surface area contributed by atoms with Gasteiger partial charge in [0.2, 0.25) is 6.79 Å². The third-order valence-corrected chi connectivity index (χ3v) is 5.85. The average Bonchev–Trinajstić information content (AvgIpc) is 3.30. The van der Waals surface area contributed by atoms with Crippen molar-refractivity contribution in [1.82, 2.24) is 20.2 Å². The van der Waals surface area contributed by atoms with Crippen molar-refractivity contribution >= 4 is 28.2 Å². The van der Waals surface area contributed by atoms with Crippen molar-refractivity contribution in [3.63, 3.8) is 0 Å². The largest absolute Gasteiger partial charge is 0.454 e. The average molecular weight is 459 g/mol. The predicted molar refractivity (Wildman–Crippen MR) is 130 cm³/mol. The van der Waals surface area contributed by atoms with Crippen LogP contribution in [-0.4, -0.2) is 26.8 Å². The second-order valence-corrected chi connectivity index (χ2v) is 8.16. The van der Waals surface area contributed by atoms with Crippen LogP contribution in [0.1, 0.15) is 16.7 Å². The van der Waals surface area contributed by atoms with E-state index in [1.54, 1.807) is 18.5 Å². The molecule has 4 aromatic rings. The molecule has 0 saturated heterocycles. The molecule has 7 nitrogen and oxygen atoms in total. The highest BCUT2D eigenvalue weighted by atomic mass is 32.1. The lowest BCUT2D eigenvalue weighted by Crippen LogP contribution is -2.39. The van der Waals surface area contributed by atoms with Gasteiger partial charge in [0, 0.05) is 42.5 Å². The minimum atomic E-state index is -0.164. The molecule has 5 rings (SSSR count). The van der Waals surface area contributed by atoms with Crippen LogP contribution in [0.4, 0.5) is 0 Å². The van der Waals surface area contributed by atoms with Gasteiger partial charge in [-0.1, -0.05) is 36.4 Å². The molecule has 0 spiro atoms. The van der Waals surface area contributed by atoms with E-state index in [0.717, 1.165) is 16.5 Å². The Balaban J connectivity index is 1.41. The van der Waals surface area contributed by atoms with Gasteiger partial charge in [0.25, 0.3) is 5.56 Å². The van der Waals surface area contributed by atoms with Crippen molar-refractivity contribution in [2.45, 2.75) is 19.6 Å². The van der Waals surface area contributed by atoms with Crippen molar-refractivity contribution in [2.24, 2.45) is 0 Å². The molecule has 0 aliphatic carbocycles. The molecule has 2 aromatic heterocycles. The second-order valence-electron chi connectivity index (χ2n) is 7.78. The number of rotatable bonds is 6. The zero-order valence-electron chi connectivity index (χ0n) is 17.8. The molecule has 0 amide bonds. The van der Waals surface area contributed by atoms with Gasteiger partial charge in [0.1, 0.15) is 0 Å². The summed E-state index contributed by atoms with van der Waals surface area (Å²) in [4.78, 5) is 22.0. The van der Waals surface area contributed by atoms with Gasteiger partial charge >= 0.3 is 0 Å². The molecule has 166 valence electrons. The topological polar surface area (TPSA) is 79.5 Å². The Bertz CT molecular complexity index is 1340. The number of hydrogen-bond acceptors (Lipinski definition) is 5. The maximum absolute atomic E-state index is 12.9. The van der Waals surface area contributed by atoms with Gasteiger partial charge in [-0.2, -0.15) is 0 Å². The first-order chi connectivity index (χ1) is 16.2. The molecule has 0 bridgehead atoms. The number of fused-ring (bicyclic) bond motifs is 2. The van der Waals surface area contributed by atoms with Gasteiger partial charge in [0.15, 0.2) is 16.6 Å². The van der Waals surface area contributed by atoms with Crippen molar-refractivity contribution in [3.05, 3.63) is 100 Å². The Kier molecular flexibility index (Phi) is 5.91. The van der Waals surface area contributed by atoms with Crippen LogP contribution in [0.25, 0.3) is 10.9 Å². The summed E-state index contributed by atoms with van der Waals surface area (Å²) in [5.74, 6) is 1.31. The molecular weight excluding hydrogens is 436 g/mol. The molecule has 0 fully saturated rings. The smallest absolute Gasteiger partial charge is 0.253 e. The molecule has 0 saturated carbocycles. The van der Waals surface area contributed by atoms with Crippen LogP contribution in [-0.2, 0) is 19.6 Å². The molecule has 8 heteroatoms. The standard InChI is InChI=1S/C25H22N4O3S/c30-24-20(9-19-10-22-23(32-16-31-22)11-21(19)28-24)15-29(14-18-7-4-8-26-12-18)25(33)27-13-17-5-2-1-3-6-17/h1-12H,13-16H2,(H,27,33)(H,28,30). The Morgan fingerprint density at radius 1 is 1.03 bits per heavy atom. The molecule has 33 heavy (non-hydrogen) atoms. The molecule has 0 radical (unpaired) electrons. The molecule has 0 unspecified atom stereocenters. The van der Waals surface area contributed by atoms with E-state index in [2.05, 4.69) is 15.3 Å². The summed E-state index contributed by atoms with van der Waals surface area (Å²) in [6.07, 6.45) is 3.54. The van der Waals surface area contributed by atoms with Crippen LogP contribution in [0.3, 0.4) is 0 Å². The molecule has 1 aliphatic heterocycles. The van der Waals surface area contributed by atoms with E-state index in [1.807, 2.05) is 59.5 Å². The highest BCUT2D eigenvalue weighted by Crippen LogP contribution is 2.35. The molecule has 2 aromatic carbocycles. The number of aromatic nitrogens is 2. The van der Waals surface area contributed by atoms with Crippen LogP contribution >= 0.6 is 12.2 Å². The van der Waals surface area contributed by atoms with E-state index in [9.17, 15) is 4.79 Å². The van der Waals surface area contributed by atoms with E-state index < -0.39 is 0 Å². The van der Waals surface area contributed by atoms with Gasteiger partial charge in [-0.15, -0.1) is 0 Å². The zero-order chi connectivity index (χ0) is 22.6. The monoisotopic (exact) mass is 458 g/mol. The number of pyridine rings is 2. The van der Waals surface area contributed by atoms with Gasteiger partial charge in [-0.05, 0) is 41.5 Å². The Hall–Kier alpha value is -3.91. The Morgan fingerprint density at radius 2 is 1.82 bits per heavy atom. The predicted octanol–water partition coefficient (Wildman–Crippen LogP) is 3.73. The molecular formula is C25H22N4O3S. The Labute approximate surface area is 196 Å². The highest BCUT2D eigenvalue weighted by molar-refractivity contribution is 7.80. The number of hydrogen-bond donors (Lipinski definition) is 2. The van der Waals surface area contributed by atoms with Gasteiger partial charge < -0.3 is 24.7 Å². The first-order valence-electron chi connectivity index (χ1n) is 10.6. The zero-order valence-corrected chi connectivity index (χ0v) is 18.6. The lowest BCUT2D eigenvalue weighted by molar-refractivity contribution is 0.174. The van der Waals surface area contributed by atoms with E-state index in [1.165, 1.54) is 0 Å². The normalized spacial score (nSPS) is 12.0. The van der Waals surface area contributed by atoms with Crippen LogP contribution in [0.15, 0.2) is 77.9 Å². The van der Waals surface area contributed by atoms with Crippen LogP contribution < -0.4 is 20.3 Å². The van der Waals surface area contributed by atoms with Gasteiger partial charge in [0.05, 0.1) is 12.1 Å². The summed E-state index contributed by atoms with van der Waals surface area (Å²) in [7, 11) is 0. The first kappa shape index (κ1) is 21.0. The number of H-pyrrole nitrogens is 1. The summed E-state index contributed by atoms with van der Waals surface area (Å²) < 4.78 is 10.9. The molecule has 3 heterocycles. The fourth-order valence-corrected chi connectivity index (χ4v) is 3.96. The maximum Gasteiger partial charge on any atom is 0.253 e. The second kappa shape index (κ2) is 9.30. The minimum absolute atomic E-state index is 0.164. The van der Waals surface area contributed by atoms with E-state index in [0.29, 0.717) is 47.3 Å². The van der Waals surface area contributed by atoms with Crippen molar-refractivity contribution in [1.29, 1.82) is 0 Å². The van der Waals surface area contributed by atoms with Crippen LogP contribution in [0.2, 0.25) is 0 Å². The fourth-order valence-electron chi connectivity index (χ4n) is 3.76. The third kappa shape index (κ3) is 4.80. The SMILES string of the molecule is O=c1[nH]c2cc3c(cc2cc1CN(Cc1cccnc1)C(=S)NCc1ccccc1)OCO3. The van der Waals surface area contributed by atoms with E-state index in [-0.39, 0.29) is 12.4 Å². The van der Waals surface area contributed by atoms with Crippen molar-refractivity contribution in [2.75, 3.05) is 6.79 Å². The summed E-state index contributed by atoms with van der Waals surface area (Å²) in [5.41, 5.74) is 3.27. The van der Waals surface area contributed by atoms with E-state index in [4.69, 9.17) is 21.7 Å². The quantitative estimate of drug-likeness (QED) is 0.426. The molecule has 2 N–H and O–H groups in total. The maximum atomic E-state index is 12.9. The molecule has 0 atom stereocenters. The lowest BCUT2D eigenvalue weighted by atomic mass is 10.1. The highest BCUT2D eigenvalue weighted by Gasteiger charge is 2.17. The fraction of sp³-hybridized carbons (Fsp3) is 0.160. The van der Waals surface area contributed by atoms with Gasteiger partial charge in [-0.25, -0.2) is 0 Å². The molecule has 1 aliphatic rings. The third-order valence-electron chi connectivity index (χ3n) is 5.45. The summed E-state index contributed by atoms with van der Waals surface area (Å²) in [6, 6.07) is 19.5. The van der Waals surface area contributed by atoms with Gasteiger partial charge in [-0.3, -0.25) is 9.78 Å². The number of aromatic amines is 1. The van der Waals surface area contributed by atoms with Crippen molar-refractivity contribution in [3.8, 4) is 11.5 Å². The number of benzene rings is 2. The number of thiocarbonyl (C=S) groups is 1. The minimum Gasteiger partial charge on any atom is -0.454 e. The number of ether oxygens (including phenoxy) is 2.